The Kier molecular flexibility index (Phi) is 4.00. The lowest BCUT2D eigenvalue weighted by Crippen LogP contribution is -2.03. The second kappa shape index (κ2) is 5.34. The number of aromatic nitrogens is 1. The molecule has 0 aliphatic heterocycles. The number of nitrogens with zero attached hydrogens (tertiary/aromatic N) is 1. The molecule has 0 amide bonds. The molecule has 0 fully saturated rings. The molecule has 18 heavy (non-hydrogen) atoms. The number of thiazole rings is 1. The van der Waals surface area contributed by atoms with Gasteiger partial charge in [0.1, 0.15) is 5.82 Å². The van der Waals surface area contributed by atoms with E-state index < -0.39 is 11.9 Å². The van der Waals surface area contributed by atoms with Crippen molar-refractivity contribution >= 4 is 22.9 Å². The van der Waals surface area contributed by atoms with Gasteiger partial charge in [0.25, 0.3) is 0 Å². The van der Waals surface area contributed by atoms with E-state index in [2.05, 4.69) is 4.98 Å². The lowest BCUT2D eigenvalue weighted by Gasteiger charge is -2.11. The van der Waals surface area contributed by atoms with Crippen LogP contribution in [-0.2, 0) is 6.42 Å². The van der Waals surface area contributed by atoms with E-state index in [4.69, 9.17) is 11.6 Å². The van der Waals surface area contributed by atoms with Crippen LogP contribution < -0.4 is 0 Å². The molecule has 1 atom stereocenters. The second-order valence-electron chi connectivity index (χ2n) is 4.11. The Morgan fingerprint density at radius 1 is 1.44 bits per heavy atom. The minimum Gasteiger partial charge on any atom is -0.388 e. The summed E-state index contributed by atoms with van der Waals surface area (Å²) >= 11 is 7.38. The smallest absolute Gasteiger partial charge is 0.142 e. The van der Waals surface area contributed by atoms with Gasteiger partial charge in [0.15, 0.2) is 0 Å². The molecule has 0 bridgehead atoms. The van der Waals surface area contributed by atoms with Crippen LogP contribution in [-0.4, -0.2) is 10.1 Å². The van der Waals surface area contributed by atoms with Gasteiger partial charge >= 0.3 is 0 Å². The zero-order valence-corrected chi connectivity index (χ0v) is 11.6. The third kappa shape index (κ3) is 2.71. The lowest BCUT2D eigenvalue weighted by atomic mass is 10.1. The minimum atomic E-state index is -0.835. The van der Waals surface area contributed by atoms with Crippen LogP contribution in [0, 0.1) is 19.7 Å². The predicted molar refractivity (Wildman–Crippen MR) is 71.7 cm³/mol. The molecule has 96 valence electrons. The van der Waals surface area contributed by atoms with Crippen molar-refractivity contribution in [2.24, 2.45) is 0 Å². The molecular weight excluding hydrogens is 273 g/mol. The van der Waals surface area contributed by atoms with Gasteiger partial charge in [-0.15, -0.1) is 11.3 Å². The number of aryl methyl sites for hydroxylation is 2. The van der Waals surface area contributed by atoms with Crippen molar-refractivity contribution in [2.45, 2.75) is 26.4 Å². The third-order valence-electron chi connectivity index (χ3n) is 2.78. The summed E-state index contributed by atoms with van der Waals surface area (Å²) in [5.41, 5.74) is 1.37. The molecule has 2 nitrogen and oxygen atoms in total. The number of aliphatic hydroxyl groups is 1. The molecule has 0 aliphatic carbocycles. The zero-order valence-electron chi connectivity index (χ0n) is 10.1. The van der Waals surface area contributed by atoms with E-state index in [9.17, 15) is 9.50 Å². The van der Waals surface area contributed by atoms with Crippen LogP contribution in [0.4, 0.5) is 4.39 Å². The maximum absolute atomic E-state index is 13.3. The molecule has 1 heterocycles. The van der Waals surface area contributed by atoms with Crippen LogP contribution in [0.1, 0.15) is 27.2 Å². The number of hydrogen-bond acceptors (Lipinski definition) is 3. The fourth-order valence-electron chi connectivity index (χ4n) is 1.68. The Balaban J connectivity index is 2.21. The van der Waals surface area contributed by atoms with Crippen LogP contribution in [0.2, 0.25) is 5.02 Å². The first-order valence-corrected chi connectivity index (χ1v) is 6.73. The molecule has 1 aromatic carbocycles. The topological polar surface area (TPSA) is 33.1 Å². The van der Waals surface area contributed by atoms with Gasteiger partial charge in [-0.3, -0.25) is 0 Å². The number of aliphatic hydroxyl groups excluding tert-OH is 1. The molecular formula is C13H13ClFNOS. The second-order valence-corrected chi connectivity index (χ2v) is 5.78. The maximum Gasteiger partial charge on any atom is 0.142 e. The van der Waals surface area contributed by atoms with Crippen LogP contribution in [0.5, 0.6) is 0 Å². The average Bonchev–Trinajstić information content (AvgIpc) is 2.61. The lowest BCUT2D eigenvalue weighted by molar-refractivity contribution is 0.178. The van der Waals surface area contributed by atoms with Gasteiger partial charge in [-0.2, -0.15) is 0 Å². The van der Waals surface area contributed by atoms with Gasteiger partial charge in [0.05, 0.1) is 21.8 Å². The highest BCUT2D eigenvalue weighted by Crippen LogP contribution is 2.29. The molecule has 2 rings (SSSR count). The van der Waals surface area contributed by atoms with Gasteiger partial charge in [-0.05, 0) is 19.9 Å². The summed E-state index contributed by atoms with van der Waals surface area (Å²) in [6, 6.07) is 4.44. The Hall–Kier alpha value is -0.970. The fraction of sp³-hybridized carbons (Fsp3) is 0.308. The third-order valence-corrected chi connectivity index (χ3v) is 4.28. The predicted octanol–water partition coefficient (Wildman–Crippen LogP) is 3.83. The summed E-state index contributed by atoms with van der Waals surface area (Å²) in [6.45, 7) is 3.91. The zero-order chi connectivity index (χ0) is 13.3. The Morgan fingerprint density at radius 2 is 2.17 bits per heavy atom. The molecule has 5 heteroatoms. The maximum atomic E-state index is 13.3. The largest absolute Gasteiger partial charge is 0.388 e. The molecule has 0 radical (unpaired) electrons. The van der Waals surface area contributed by atoms with E-state index in [1.165, 1.54) is 23.5 Å². The van der Waals surface area contributed by atoms with E-state index in [0.717, 1.165) is 15.6 Å². The molecule has 0 saturated heterocycles. The first-order chi connectivity index (χ1) is 8.49. The summed E-state index contributed by atoms with van der Waals surface area (Å²) in [7, 11) is 0. The van der Waals surface area contributed by atoms with Gasteiger partial charge in [0.2, 0.25) is 0 Å². The summed E-state index contributed by atoms with van der Waals surface area (Å²) in [4.78, 5) is 5.48. The number of benzene rings is 1. The fourth-order valence-corrected chi connectivity index (χ4v) is 2.90. The van der Waals surface area contributed by atoms with Crippen molar-refractivity contribution in [1.82, 2.24) is 4.98 Å². The van der Waals surface area contributed by atoms with Gasteiger partial charge in [-0.1, -0.05) is 23.7 Å². The molecule has 2 aromatic rings. The summed E-state index contributed by atoms with van der Waals surface area (Å²) in [5.74, 6) is -0.514. The summed E-state index contributed by atoms with van der Waals surface area (Å²) in [5, 5.41) is 10.9. The van der Waals surface area contributed by atoms with Crippen molar-refractivity contribution < 1.29 is 9.50 Å². The molecule has 0 saturated carbocycles. The van der Waals surface area contributed by atoms with Crippen LogP contribution in [0.3, 0.4) is 0 Å². The van der Waals surface area contributed by atoms with E-state index in [-0.39, 0.29) is 5.02 Å². The van der Waals surface area contributed by atoms with Crippen LogP contribution >= 0.6 is 22.9 Å². The minimum absolute atomic E-state index is 0.0185. The van der Waals surface area contributed by atoms with Crippen molar-refractivity contribution in [3.63, 3.8) is 0 Å². The van der Waals surface area contributed by atoms with Crippen LogP contribution in [0.15, 0.2) is 18.2 Å². The number of halogens is 2. The Labute approximate surface area is 114 Å². The van der Waals surface area contributed by atoms with Crippen LogP contribution in [0.25, 0.3) is 0 Å². The van der Waals surface area contributed by atoms with E-state index in [0.29, 0.717) is 12.0 Å². The summed E-state index contributed by atoms with van der Waals surface area (Å²) in [6.07, 6.45) is -0.485. The Bertz CT molecular complexity index is 551. The monoisotopic (exact) mass is 285 g/mol. The highest BCUT2D eigenvalue weighted by Gasteiger charge is 2.16. The SMILES string of the molecule is Cc1nc(CC(O)c2cccc(F)c2Cl)sc1C. The normalized spacial score (nSPS) is 12.7. The van der Waals surface area contributed by atoms with Crippen molar-refractivity contribution in [3.05, 3.63) is 50.2 Å². The van der Waals surface area contributed by atoms with Crippen molar-refractivity contribution in [1.29, 1.82) is 0 Å². The molecule has 1 N–H and O–H groups in total. The van der Waals surface area contributed by atoms with Gasteiger partial charge < -0.3 is 5.11 Å². The van der Waals surface area contributed by atoms with Gasteiger partial charge in [-0.25, -0.2) is 9.37 Å². The molecule has 0 aliphatic rings. The van der Waals surface area contributed by atoms with E-state index >= 15 is 0 Å². The van der Waals surface area contributed by atoms with E-state index in [1.54, 1.807) is 6.07 Å². The summed E-state index contributed by atoms with van der Waals surface area (Å²) < 4.78 is 13.3. The highest BCUT2D eigenvalue weighted by atomic mass is 35.5. The highest BCUT2D eigenvalue weighted by molar-refractivity contribution is 7.11. The molecule has 0 spiro atoms. The Morgan fingerprint density at radius 3 is 2.78 bits per heavy atom. The average molecular weight is 286 g/mol. The first-order valence-electron chi connectivity index (χ1n) is 5.54. The number of hydrogen-bond donors (Lipinski definition) is 1. The molecule has 1 unspecified atom stereocenters. The van der Waals surface area contributed by atoms with E-state index in [1.807, 2.05) is 13.8 Å². The standard InChI is InChI=1S/C13H13ClFNOS/c1-7-8(2)18-12(16-7)6-11(17)9-4-3-5-10(15)13(9)14/h3-5,11,17H,6H2,1-2H3. The quantitative estimate of drug-likeness (QED) is 0.930. The van der Waals surface area contributed by atoms with Crippen molar-refractivity contribution in [2.75, 3.05) is 0 Å². The van der Waals surface area contributed by atoms with Gasteiger partial charge in [0, 0.05) is 16.9 Å². The van der Waals surface area contributed by atoms with Crippen molar-refractivity contribution in [3.8, 4) is 0 Å². The number of rotatable bonds is 3. The first kappa shape index (κ1) is 13.5. The molecule has 1 aromatic heterocycles.